The second-order valence-electron chi connectivity index (χ2n) is 14.1. The van der Waals surface area contributed by atoms with Crippen molar-refractivity contribution < 1.29 is 48.7 Å². The summed E-state index contributed by atoms with van der Waals surface area (Å²) in [6.45, 7) is 7.41. The zero-order chi connectivity index (χ0) is 39.3. The van der Waals surface area contributed by atoms with E-state index in [1.165, 1.54) is 63.2 Å². The smallest absolute Gasteiger partial charge is 0.416 e. The minimum atomic E-state index is -4.49. The molecule has 2 heterocycles. The van der Waals surface area contributed by atoms with E-state index >= 15 is 0 Å². The number of amides is 2. The van der Waals surface area contributed by atoms with Crippen LogP contribution in [0.15, 0.2) is 76.0 Å². The van der Waals surface area contributed by atoms with Gasteiger partial charge in [-0.15, -0.1) is 10.2 Å². The lowest BCUT2D eigenvalue weighted by Gasteiger charge is -2.27. The molecule has 13 nitrogen and oxygen atoms in total. The van der Waals surface area contributed by atoms with Crippen LogP contribution in [0.5, 0.6) is 0 Å². The van der Waals surface area contributed by atoms with Gasteiger partial charge in [0.2, 0.25) is 21.8 Å². The number of carbonyl (C=O) groups excluding carboxylic acids is 2. The van der Waals surface area contributed by atoms with Gasteiger partial charge >= 0.3 is 12.3 Å². The number of alkyl halides is 3. The number of hydrogen-bond donors (Lipinski definition) is 1. The molecule has 0 radical (unpaired) electrons. The quantitative estimate of drug-likeness (QED) is 0.232. The van der Waals surface area contributed by atoms with Gasteiger partial charge in [0, 0.05) is 19.7 Å². The molecule has 18 heteroatoms. The second-order valence-corrected chi connectivity index (χ2v) is 18.8. The molecule has 0 saturated carbocycles. The number of nitrogens with zero attached hydrogens (tertiary/aromatic N) is 4. The summed E-state index contributed by atoms with van der Waals surface area (Å²) in [5.41, 5.74) is -0.0376. The lowest BCUT2D eigenvalue weighted by atomic mass is 10.0. The second kappa shape index (κ2) is 13.9. The lowest BCUT2D eigenvalue weighted by Crippen LogP contribution is -2.51. The van der Waals surface area contributed by atoms with E-state index in [0.717, 1.165) is 16.4 Å². The highest BCUT2D eigenvalue weighted by Gasteiger charge is 2.44. The minimum absolute atomic E-state index is 0.0762. The van der Waals surface area contributed by atoms with Crippen LogP contribution in [0.3, 0.4) is 0 Å². The fourth-order valence-electron chi connectivity index (χ4n) is 5.51. The van der Waals surface area contributed by atoms with Gasteiger partial charge in [-0.25, -0.2) is 25.9 Å². The molecule has 1 aliphatic rings. The number of aromatic nitrogens is 2. The molecule has 0 spiro atoms. The molecule has 3 aromatic carbocycles. The average Bonchev–Trinajstić information content (AvgIpc) is 3.54. The van der Waals surface area contributed by atoms with Gasteiger partial charge in [0.15, 0.2) is 14.6 Å². The van der Waals surface area contributed by atoms with E-state index in [0.29, 0.717) is 16.7 Å². The SMILES string of the molecule is CN(C)S(=O)(=O)C(C)(C)c1nnc(-c2ccc3c(c2)N(Cc2ccc(-c4ccc(C(F)(F)F)cc4)cc2)C(=O)[C@@H](NC(=O)OC(C)(C)C)CS3(=O)=O)o1. The zero-order valence-corrected chi connectivity index (χ0v) is 31.5. The molecule has 1 atom stereocenters. The number of sulfonamides is 1. The summed E-state index contributed by atoms with van der Waals surface area (Å²) in [5, 5.41) is 10.4. The van der Waals surface area contributed by atoms with Crippen LogP contribution in [-0.4, -0.2) is 74.8 Å². The van der Waals surface area contributed by atoms with Crippen LogP contribution in [0, 0.1) is 0 Å². The number of benzene rings is 3. The van der Waals surface area contributed by atoms with Crippen LogP contribution >= 0.6 is 0 Å². The molecular formula is C35H38F3N5O8S2. The van der Waals surface area contributed by atoms with Crippen molar-refractivity contribution in [2.24, 2.45) is 0 Å². The fraction of sp³-hybridized carbons (Fsp3) is 0.371. The van der Waals surface area contributed by atoms with E-state index in [4.69, 9.17) is 9.15 Å². The molecule has 284 valence electrons. The van der Waals surface area contributed by atoms with E-state index in [9.17, 15) is 39.6 Å². The van der Waals surface area contributed by atoms with Gasteiger partial charge in [-0.1, -0.05) is 36.4 Å². The Morgan fingerprint density at radius 2 is 1.51 bits per heavy atom. The molecule has 53 heavy (non-hydrogen) atoms. The summed E-state index contributed by atoms with van der Waals surface area (Å²) in [4.78, 5) is 28.0. The Bertz CT molecular complexity index is 2250. The van der Waals surface area contributed by atoms with E-state index < -0.39 is 65.7 Å². The Kier molecular flexibility index (Phi) is 10.3. The summed E-state index contributed by atoms with van der Waals surface area (Å²) in [6.07, 6.45) is -5.50. The Balaban J connectivity index is 1.56. The van der Waals surface area contributed by atoms with Crippen LogP contribution in [0.25, 0.3) is 22.6 Å². The lowest BCUT2D eigenvalue weighted by molar-refractivity contribution is -0.137. The first-order valence-corrected chi connectivity index (χ1v) is 19.2. The highest BCUT2D eigenvalue weighted by molar-refractivity contribution is 7.91. The summed E-state index contributed by atoms with van der Waals surface area (Å²) in [6, 6.07) is 13.6. The van der Waals surface area contributed by atoms with Gasteiger partial charge in [-0.2, -0.15) is 13.2 Å². The van der Waals surface area contributed by atoms with E-state index in [1.807, 2.05) is 0 Å². The van der Waals surface area contributed by atoms with Crippen LogP contribution < -0.4 is 10.2 Å². The monoisotopic (exact) mass is 777 g/mol. The molecule has 1 aliphatic heterocycles. The van der Waals surface area contributed by atoms with Crippen molar-refractivity contribution in [2.45, 2.75) is 68.6 Å². The molecule has 4 aromatic rings. The highest BCUT2D eigenvalue weighted by atomic mass is 32.2. The molecule has 0 fully saturated rings. The molecule has 2 amide bonds. The average molecular weight is 778 g/mol. The molecule has 0 bridgehead atoms. The first kappa shape index (κ1) is 39.4. The van der Waals surface area contributed by atoms with Crippen molar-refractivity contribution >= 4 is 37.5 Å². The van der Waals surface area contributed by atoms with Crippen LogP contribution in [0.4, 0.5) is 23.7 Å². The number of hydrogen-bond acceptors (Lipinski definition) is 10. The van der Waals surface area contributed by atoms with Crippen molar-refractivity contribution in [3.8, 4) is 22.6 Å². The number of halogens is 3. The van der Waals surface area contributed by atoms with Gasteiger partial charge in [-0.3, -0.25) is 4.79 Å². The van der Waals surface area contributed by atoms with Crippen LogP contribution in [-0.2, 0) is 46.9 Å². The number of nitrogens with one attached hydrogen (secondary N) is 1. The molecule has 5 rings (SSSR count). The van der Waals surface area contributed by atoms with Crippen LogP contribution in [0.2, 0.25) is 0 Å². The Morgan fingerprint density at radius 3 is 2.06 bits per heavy atom. The van der Waals surface area contributed by atoms with Gasteiger partial charge in [0.1, 0.15) is 11.6 Å². The molecular weight excluding hydrogens is 740 g/mol. The van der Waals surface area contributed by atoms with Gasteiger partial charge < -0.3 is 19.4 Å². The molecule has 0 aliphatic carbocycles. The van der Waals surface area contributed by atoms with Crippen molar-refractivity contribution in [1.82, 2.24) is 19.8 Å². The molecule has 0 unspecified atom stereocenters. The predicted octanol–water partition coefficient (Wildman–Crippen LogP) is 5.76. The summed E-state index contributed by atoms with van der Waals surface area (Å²) in [5.74, 6) is -1.96. The first-order chi connectivity index (χ1) is 24.4. The highest BCUT2D eigenvalue weighted by Crippen LogP contribution is 2.38. The normalized spacial score (nSPS) is 16.6. The van der Waals surface area contributed by atoms with Gasteiger partial charge in [0.25, 0.3) is 5.91 Å². The summed E-state index contributed by atoms with van der Waals surface area (Å²) < 4.78 is 103. The number of alkyl carbamates (subject to hydrolysis) is 1. The summed E-state index contributed by atoms with van der Waals surface area (Å²) in [7, 11) is -5.44. The molecule has 1 N–H and O–H groups in total. The third-order valence-electron chi connectivity index (χ3n) is 8.38. The number of sulfone groups is 1. The fourth-order valence-corrected chi connectivity index (χ4v) is 8.34. The molecule has 1 aromatic heterocycles. The van der Waals surface area contributed by atoms with E-state index in [1.54, 1.807) is 45.0 Å². The molecule has 0 saturated heterocycles. The third kappa shape index (κ3) is 8.23. The van der Waals surface area contributed by atoms with Crippen LogP contribution in [0.1, 0.15) is 51.6 Å². The number of carbonyl (C=O) groups is 2. The van der Waals surface area contributed by atoms with E-state index in [2.05, 4.69) is 15.5 Å². The van der Waals surface area contributed by atoms with Crippen molar-refractivity contribution in [2.75, 3.05) is 24.7 Å². The standard InChI is InChI=1S/C35H38F3N5O8S2/c1-33(2,3)51-32(45)39-26-20-52(46,47)28-17-14-24(29-40-41-31(50-29)34(4,5)53(48,49)42(6)7)18-27(28)43(30(26)44)19-21-8-10-22(11-9-21)23-12-15-25(16-13-23)35(36,37)38/h8-18,26H,19-20H2,1-7H3,(H,39,45)/t26-/m0/s1. The number of ether oxygens (including phenoxy) is 1. The maximum absolute atomic E-state index is 14.2. The van der Waals surface area contributed by atoms with Crippen molar-refractivity contribution in [3.05, 3.63) is 83.7 Å². The summed E-state index contributed by atoms with van der Waals surface area (Å²) >= 11 is 0. The number of anilines is 1. The maximum Gasteiger partial charge on any atom is 0.416 e. The Labute approximate surface area is 305 Å². The Morgan fingerprint density at radius 1 is 0.943 bits per heavy atom. The first-order valence-electron chi connectivity index (χ1n) is 16.1. The van der Waals surface area contributed by atoms with Gasteiger partial charge in [-0.05, 0) is 81.6 Å². The third-order valence-corrected chi connectivity index (χ3v) is 12.6. The van der Waals surface area contributed by atoms with Crippen molar-refractivity contribution in [3.63, 3.8) is 0 Å². The number of rotatable bonds is 8. The Hall–Kier alpha value is -4.81. The topological polar surface area (TPSA) is 169 Å². The minimum Gasteiger partial charge on any atom is -0.444 e. The zero-order valence-electron chi connectivity index (χ0n) is 29.8. The van der Waals surface area contributed by atoms with E-state index in [-0.39, 0.29) is 34.5 Å². The van der Waals surface area contributed by atoms with Gasteiger partial charge in [0.05, 0.1) is 28.4 Å². The van der Waals surface area contributed by atoms with Crippen molar-refractivity contribution in [1.29, 1.82) is 0 Å². The number of fused-ring (bicyclic) bond motifs is 1. The largest absolute Gasteiger partial charge is 0.444 e. The maximum atomic E-state index is 14.2. The predicted molar refractivity (Wildman–Crippen MR) is 189 cm³/mol.